The van der Waals surface area contributed by atoms with E-state index in [1.165, 1.54) is 5.56 Å². The van der Waals surface area contributed by atoms with Crippen molar-refractivity contribution < 1.29 is 10.5 Å². The lowest BCUT2D eigenvalue weighted by atomic mass is 9.97. The molecule has 72 valence electrons. The van der Waals surface area contributed by atoms with Crippen LogP contribution in [0.3, 0.4) is 0 Å². The molecule has 0 aromatic heterocycles. The molecule has 0 aliphatic rings. The topological polar surface area (TPSA) is 36.9 Å². The minimum Gasteiger partial charge on any atom is -0.497 e. The van der Waals surface area contributed by atoms with Gasteiger partial charge in [-0.15, -0.1) is 0 Å². The summed E-state index contributed by atoms with van der Waals surface area (Å²) < 4.78 is 5.09. The van der Waals surface area contributed by atoms with Crippen LogP contribution < -0.4 is 10.5 Å². The summed E-state index contributed by atoms with van der Waals surface area (Å²) in [5, 5.41) is 0. The van der Waals surface area contributed by atoms with Gasteiger partial charge in [0.25, 0.3) is 0 Å². The third-order valence-electron chi connectivity index (χ3n) is 2.35. The first-order valence-corrected chi connectivity index (χ1v) is 4.62. The van der Waals surface area contributed by atoms with Crippen LogP contribution in [0.15, 0.2) is 24.3 Å². The van der Waals surface area contributed by atoms with Gasteiger partial charge in [0, 0.05) is 11.5 Å². The monoisotopic (exact) mass is 180 g/mol. The van der Waals surface area contributed by atoms with Crippen LogP contribution >= 0.6 is 0 Å². The van der Waals surface area contributed by atoms with E-state index >= 15 is 0 Å². The molecule has 1 aromatic carbocycles. The van der Waals surface area contributed by atoms with E-state index in [2.05, 4.69) is 31.7 Å². The van der Waals surface area contributed by atoms with Crippen molar-refractivity contribution in [3.8, 4) is 5.75 Å². The molecule has 0 aliphatic heterocycles. The lowest BCUT2D eigenvalue weighted by molar-refractivity contribution is -0.438. The molecule has 0 fully saturated rings. The second-order valence-corrected chi connectivity index (χ2v) is 3.62. The summed E-state index contributed by atoms with van der Waals surface area (Å²) >= 11 is 0. The highest BCUT2D eigenvalue weighted by Gasteiger charge is 2.13. The summed E-state index contributed by atoms with van der Waals surface area (Å²) in [5.74, 6) is 1.48. The van der Waals surface area contributed by atoms with Gasteiger partial charge in [-0.1, -0.05) is 13.8 Å². The van der Waals surface area contributed by atoms with E-state index in [9.17, 15) is 0 Å². The van der Waals surface area contributed by atoms with Crippen LogP contribution in [-0.4, -0.2) is 7.11 Å². The van der Waals surface area contributed by atoms with Crippen molar-refractivity contribution in [3.05, 3.63) is 29.8 Å². The summed E-state index contributed by atoms with van der Waals surface area (Å²) in [6.07, 6.45) is 0. The molecule has 3 N–H and O–H groups in total. The van der Waals surface area contributed by atoms with Crippen molar-refractivity contribution in [3.63, 3.8) is 0 Å². The number of hydrogen-bond donors (Lipinski definition) is 1. The predicted molar refractivity (Wildman–Crippen MR) is 53.5 cm³/mol. The van der Waals surface area contributed by atoms with Gasteiger partial charge in [0.15, 0.2) is 0 Å². The number of ether oxygens (including phenoxy) is 1. The van der Waals surface area contributed by atoms with E-state index in [0.717, 1.165) is 5.75 Å². The standard InChI is InChI=1S/C11H17NO/c1-8(2)11(12)9-4-6-10(13-3)7-5-9/h4-8,11H,12H2,1-3H3/p+1/t11-/m0/s1. The molecule has 0 radical (unpaired) electrons. The summed E-state index contributed by atoms with van der Waals surface area (Å²) in [6.45, 7) is 4.36. The second kappa shape index (κ2) is 4.28. The van der Waals surface area contributed by atoms with Crippen molar-refractivity contribution in [1.29, 1.82) is 0 Å². The lowest BCUT2D eigenvalue weighted by Gasteiger charge is -2.12. The van der Waals surface area contributed by atoms with Crippen molar-refractivity contribution in [2.75, 3.05) is 7.11 Å². The maximum atomic E-state index is 5.09. The van der Waals surface area contributed by atoms with Crippen LogP contribution in [0.1, 0.15) is 25.5 Å². The lowest BCUT2D eigenvalue weighted by Crippen LogP contribution is -2.55. The van der Waals surface area contributed by atoms with Gasteiger partial charge in [0.2, 0.25) is 0 Å². The molecule has 0 aliphatic carbocycles. The van der Waals surface area contributed by atoms with E-state index in [4.69, 9.17) is 4.74 Å². The Hall–Kier alpha value is -1.02. The molecule has 2 nitrogen and oxygen atoms in total. The smallest absolute Gasteiger partial charge is 0.118 e. The molecular weight excluding hydrogens is 162 g/mol. The SMILES string of the molecule is COc1ccc([C@@H]([NH3+])C(C)C)cc1. The van der Waals surface area contributed by atoms with E-state index in [-0.39, 0.29) is 0 Å². The van der Waals surface area contributed by atoms with Crippen LogP contribution in [0.4, 0.5) is 0 Å². The minimum absolute atomic E-state index is 0.367. The first-order valence-electron chi connectivity index (χ1n) is 4.62. The number of benzene rings is 1. The van der Waals surface area contributed by atoms with Crippen molar-refractivity contribution >= 4 is 0 Å². The van der Waals surface area contributed by atoms with Crippen LogP contribution in [-0.2, 0) is 0 Å². The van der Waals surface area contributed by atoms with Gasteiger partial charge in [-0.3, -0.25) is 0 Å². The molecule has 13 heavy (non-hydrogen) atoms. The van der Waals surface area contributed by atoms with Gasteiger partial charge in [0.1, 0.15) is 11.8 Å². The highest BCUT2D eigenvalue weighted by Crippen LogP contribution is 2.19. The molecule has 2 heteroatoms. The molecule has 0 spiro atoms. The zero-order valence-electron chi connectivity index (χ0n) is 8.58. The van der Waals surface area contributed by atoms with Gasteiger partial charge >= 0.3 is 0 Å². The summed E-state index contributed by atoms with van der Waals surface area (Å²) in [7, 11) is 1.68. The Balaban J connectivity index is 2.79. The first-order chi connectivity index (χ1) is 6.15. The van der Waals surface area contributed by atoms with E-state index in [1.54, 1.807) is 7.11 Å². The minimum atomic E-state index is 0.367. The van der Waals surface area contributed by atoms with Gasteiger partial charge in [0.05, 0.1) is 7.11 Å². The third-order valence-corrected chi connectivity index (χ3v) is 2.35. The van der Waals surface area contributed by atoms with Crippen molar-refractivity contribution in [2.45, 2.75) is 19.9 Å². The van der Waals surface area contributed by atoms with Gasteiger partial charge < -0.3 is 10.5 Å². The fourth-order valence-electron chi connectivity index (χ4n) is 1.24. The van der Waals surface area contributed by atoms with Crippen LogP contribution in [0.5, 0.6) is 5.75 Å². The Morgan fingerprint density at radius 1 is 1.15 bits per heavy atom. The normalized spacial score (nSPS) is 13.0. The summed E-state index contributed by atoms with van der Waals surface area (Å²) in [4.78, 5) is 0. The van der Waals surface area contributed by atoms with Crippen molar-refractivity contribution in [1.82, 2.24) is 0 Å². The zero-order chi connectivity index (χ0) is 9.84. The molecule has 0 amide bonds. The maximum Gasteiger partial charge on any atom is 0.118 e. The number of quaternary nitrogens is 1. The quantitative estimate of drug-likeness (QED) is 0.754. The van der Waals surface area contributed by atoms with Gasteiger partial charge in [-0.25, -0.2) is 0 Å². The molecule has 0 bridgehead atoms. The van der Waals surface area contributed by atoms with Gasteiger partial charge in [-0.2, -0.15) is 0 Å². The Morgan fingerprint density at radius 2 is 1.69 bits per heavy atom. The van der Waals surface area contributed by atoms with E-state index in [0.29, 0.717) is 12.0 Å². The largest absolute Gasteiger partial charge is 0.497 e. The van der Waals surface area contributed by atoms with Crippen LogP contribution in [0.2, 0.25) is 0 Å². The van der Waals surface area contributed by atoms with Crippen molar-refractivity contribution in [2.24, 2.45) is 5.92 Å². The second-order valence-electron chi connectivity index (χ2n) is 3.62. The molecule has 1 aromatic rings. The Bertz CT molecular complexity index is 253. The molecular formula is C11H18NO+. The Labute approximate surface area is 79.7 Å². The fraction of sp³-hybridized carbons (Fsp3) is 0.455. The Morgan fingerprint density at radius 3 is 2.08 bits per heavy atom. The average molecular weight is 180 g/mol. The molecule has 0 saturated heterocycles. The highest BCUT2D eigenvalue weighted by molar-refractivity contribution is 5.28. The average Bonchev–Trinajstić information content (AvgIpc) is 2.17. The molecule has 0 saturated carbocycles. The number of methoxy groups -OCH3 is 1. The van der Waals surface area contributed by atoms with Crippen LogP contribution in [0.25, 0.3) is 0 Å². The van der Waals surface area contributed by atoms with Crippen LogP contribution in [0, 0.1) is 5.92 Å². The molecule has 1 atom stereocenters. The summed E-state index contributed by atoms with van der Waals surface area (Å²) in [6, 6.07) is 8.49. The summed E-state index contributed by atoms with van der Waals surface area (Å²) in [5.41, 5.74) is 5.40. The molecule has 0 heterocycles. The third kappa shape index (κ3) is 2.46. The predicted octanol–water partition coefficient (Wildman–Crippen LogP) is 1.63. The molecule has 0 unspecified atom stereocenters. The first kappa shape index (κ1) is 10.1. The zero-order valence-corrected chi connectivity index (χ0v) is 8.58. The van der Waals surface area contributed by atoms with E-state index in [1.807, 2.05) is 12.1 Å². The molecule has 1 rings (SSSR count). The van der Waals surface area contributed by atoms with Gasteiger partial charge in [-0.05, 0) is 24.3 Å². The van der Waals surface area contributed by atoms with E-state index < -0.39 is 0 Å². The fourth-order valence-corrected chi connectivity index (χ4v) is 1.24. The number of hydrogen-bond acceptors (Lipinski definition) is 1. The highest BCUT2D eigenvalue weighted by atomic mass is 16.5. The maximum absolute atomic E-state index is 5.09. The number of rotatable bonds is 3. The Kier molecular flexibility index (Phi) is 3.32.